The van der Waals surface area contributed by atoms with E-state index in [9.17, 15) is 4.39 Å². The second kappa shape index (κ2) is 8.38. The summed E-state index contributed by atoms with van der Waals surface area (Å²) >= 11 is 0. The highest BCUT2D eigenvalue weighted by Gasteiger charge is 2.22. The molecule has 3 heteroatoms. The van der Waals surface area contributed by atoms with Gasteiger partial charge in [0, 0.05) is 25.8 Å². The van der Waals surface area contributed by atoms with Gasteiger partial charge in [-0.05, 0) is 49.3 Å². The lowest BCUT2D eigenvalue weighted by Crippen LogP contribution is -2.24. The number of hydrogen-bond acceptors (Lipinski definition) is 2. The van der Waals surface area contributed by atoms with Crippen molar-refractivity contribution in [1.82, 2.24) is 5.32 Å². The Kier molecular flexibility index (Phi) is 6.48. The molecule has 0 aromatic heterocycles. The minimum absolute atomic E-state index is 0.165. The van der Waals surface area contributed by atoms with Gasteiger partial charge in [0.1, 0.15) is 5.82 Å². The molecule has 2 nitrogen and oxygen atoms in total. The molecule has 1 unspecified atom stereocenters. The van der Waals surface area contributed by atoms with E-state index in [2.05, 4.69) is 12.2 Å². The third-order valence-corrected chi connectivity index (χ3v) is 3.82. The molecule has 0 saturated heterocycles. The molecule has 1 atom stereocenters. The zero-order valence-corrected chi connectivity index (χ0v) is 12.4. The van der Waals surface area contributed by atoms with Gasteiger partial charge in [-0.25, -0.2) is 4.39 Å². The van der Waals surface area contributed by atoms with Crippen LogP contribution < -0.4 is 5.32 Å². The highest BCUT2D eigenvalue weighted by Crippen LogP contribution is 2.23. The van der Waals surface area contributed by atoms with Crippen LogP contribution in [0.25, 0.3) is 0 Å². The predicted molar refractivity (Wildman–Crippen MR) is 80.5 cm³/mol. The number of hydrogen-bond donors (Lipinski definition) is 1. The maximum Gasteiger partial charge on any atom is 0.123 e. The highest BCUT2D eigenvalue weighted by atomic mass is 19.1. The van der Waals surface area contributed by atoms with E-state index in [1.54, 1.807) is 12.1 Å². The molecule has 1 aromatic carbocycles. The fraction of sp³-hybridized carbons (Fsp3) is 0.647. The van der Waals surface area contributed by atoms with E-state index < -0.39 is 0 Å². The average Bonchev–Trinajstić information content (AvgIpc) is 3.27. The van der Waals surface area contributed by atoms with E-state index in [4.69, 9.17) is 4.74 Å². The standard InChI is InChI=1S/C17H26FNO/c1-2-3-11-20-12-10-15(13-19-17-8-9-17)14-4-6-16(18)7-5-14/h4-7,15,17,19H,2-3,8-13H2,1H3. The van der Waals surface area contributed by atoms with Crippen LogP contribution in [0, 0.1) is 5.82 Å². The van der Waals surface area contributed by atoms with Crippen molar-refractivity contribution in [2.45, 2.75) is 51.0 Å². The fourth-order valence-corrected chi connectivity index (χ4v) is 2.29. The van der Waals surface area contributed by atoms with E-state index in [1.165, 1.54) is 24.8 Å². The molecule has 0 heterocycles. The lowest BCUT2D eigenvalue weighted by molar-refractivity contribution is 0.124. The van der Waals surface area contributed by atoms with Crippen molar-refractivity contribution in [2.24, 2.45) is 0 Å². The molecular weight excluding hydrogens is 253 g/mol. The van der Waals surface area contributed by atoms with Crippen molar-refractivity contribution in [3.8, 4) is 0 Å². The largest absolute Gasteiger partial charge is 0.381 e. The van der Waals surface area contributed by atoms with Gasteiger partial charge in [-0.3, -0.25) is 0 Å². The second-order valence-corrected chi connectivity index (χ2v) is 5.69. The van der Waals surface area contributed by atoms with E-state index in [1.807, 2.05) is 12.1 Å². The van der Waals surface area contributed by atoms with Gasteiger partial charge in [0.05, 0.1) is 0 Å². The molecule has 20 heavy (non-hydrogen) atoms. The first-order valence-electron chi connectivity index (χ1n) is 7.86. The summed E-state index contributed by atoms with van der Waals surface area (Å²) in [6.45, 7) is 4.77. The molecule has 1 saturated carbocycles. The van der Waals surface area contributed by atoms with Crippen molar-refractivity contribution >= 4 is 0 Å². The summed E-state index contributed by atoms with van der Waals surface area (Å²) in [5.41, 5.74) is 1.21. The van der Waals surface area contributed by atoms with Gasteiger partial charge in [-0.2, -0.15) is 0 Å². The monoisotopic (exact) mass is 279 g/mol. The highest BCUT2D eigenvalue weighted by molar-refractivity contribution is 5.21. The Hall–Kier alpha value is -0.930. The Bertz CT molecular complexity index is 375. The van der Waals surface area contributed by atoms with Gasteiger partial charge in [0.2, 0.25) is 0 Å². The third-order valence-electron chi connectivity index (χ3n) is 3.82. The zero-order valence-electron chi connectivity index (χ0n) is 12.4. The van der Waals surface area contributed by atoms with Gasteiger partial charge in [0.15, 0.2) is 0 Å². The number of benzene rings is 1. The van der Waals surface area contributed by atoms with E-state index in [0.29, 0.717) is 12.0 Å². The summed E-state index contributed by atoms with van der Waals surface area (Å²) in [5.74, 6) is 0.250. The van der Waals surface area contributed by atoms with E-state index >= 15 is 0 Å². The van der Waals surface area contributed by atoms with Crippen molar-refractivity contribution in [3.05, 3.63) is 35.6 Å². The minimum atomic E-state index is -0.165. The molecule has 1 N–H and O–H groups in total. The lowest BCUT2D eigenvalue weighted by atomic mass is 9.96. The lowest BCUT2D eigenvalue weighted by Gasteiger charge is -2.18. The first-order chi connectivity index (χ1) is 9.79. The second-order valence-electron chi connectivity index (χ2n) is 5.69. The summed E-state index contributed by atoms with van der Waals surface area (Å²) in [5, 5.41) is 3.57. The third kappa shape index (κ3) is 5.59. The molecule has 0 spiro atoms. The zero-order chi connectivity index (χ0) is 14.2. The topological polar surface area (TPSA) is 21.3 Å². The molecule has 112 valence electrons. The summed E-state index contributed by atoms with van der Waals surface area (Å²) in [4.78, 5) is 0. The summed E-state index contributed by atoms with van der Waals surface area (Å²) in [6, 6.07) is 7.62. The predicted octanol–water partition coefficient (Wildman–Crippen LogP) is 3.87. The molecule has 0 aliphatic heterocycles. The Morgan fingerprint density at radius 3 is 2.65 bits per heavy atom. The Labute approximate surface area is 121 Å². The first kappa shape index (κ1) is 15.5. The van der Waals surface area contributed by atoms with Crippen LogP contribution in [0.5, 0.6) is 0 Å². The van der Waals surface area contributed by atoms with Crippen LogP contribution in [0.1, 0.15) is 50.5 Å². The van der Waals surface area contributed by atoms with Gasteiger partial charge in [0.25, 0.3) is 0 Å². The number of ether oxygens (including phenoxy) is 1. The molecule has 2 rings (SSSR count). The van der Waals surface area contributed by atoms with Crippen LogP contribution in [0.3, 0.4) is 0 Å². The molecule has 1 aliphatic carbocycles. The molecular formula is C17H26FNO. The van der Waals surface area contributed by atoms with Gasteiger partial charge in [-0.15, -0.1) is 0 Å². The summed E-state index contributed by atoms with van der Waals surface area (Å²) < 4.78 is 18.7. The summed E-state index contributed by atoms with van der Waals surface area (Å²) in [6.07, 6.45) is 5.88. The smallest absolute Gasteiger partial charge is 0.123 e. The molecule has 0 amide bonds. The van der Waals surface area contributed by atoms with Crippen LogP contribution in [-0.2, 0) is 4.74 Å². The number of halogens is 1. The molecule has 1 aromatic rings. The van der Waals surface area contributed by atoms with Gasteiger partial charge >= 0.3 is 0 Å². The molecule has 0 radical (unpaired) electrons. The fourth-order valence-electron chi connectivity index (χ4n) is 2.29. The van der Waals surface area contributed by atoms with Gasteiger partial charge < -0.3 is 10.1 Å². The number of unbranched alkanes of at least 4 members (excludes halogenated alkanes) is 1. The van der Waals surface area contributed by atoms with Crippen molar-refractivity contribution in [3.63, 3.8) is 0 Å². The Morgan fingerprint density at radius 2 is 2.00 bits per heavy atom. The van der Waals surface area contributed by atoms with Crippen molar-refractivity contribution < 1.29 is 9.13 Å². The van der Waals surface area contributed by atoms with Crippen LogP contribution in [0.2, 0.25) is 0 Å². The van der Waals surface area contributed by atoms with Crippen molar-refractivity contribution in [2.75, 3.05) is 19.8 Å². The SMILES string of the molecule is CCCCOCCC(CNC1CC1)c1ccc(F)cc1. The summed E-state index contributed by atoms with van der Waals surface area (Å²) in [7, 11) is 0. The van der Waals surface area contributed by atoms with Crippen LogP contribution in [0.15, 0.2) is 24.3 Å². The first-order valence-corrected chi connectivity index (χ1v) is 7.86. The van der Waals surface area contributed by atoms with E-state index in [-0.39, 0.29) is 5.82 Å². The molecule has 1 aliphatic rings. The minimum Gasteiger partial charge on any atom is -0.381 e. The van der Waals surface area contributed by atoms with Crippen LogP contribution >= 0.6 is 0 Å². The molecule has 1 fully saturated rings. The Balaban J connectivity index is 1.80. The number of nitrogens with one attached hydrogen (secondary N) is 1. The Morgan fingerprint density at radius 1 is 1.25 bits per heavy atom. The van der Waals surface area contributed by atoms with Gasteiger partial charge in [-0.1, -0.05) is 25.5 Å². The van der Waals surface area contributed by atoms with E-state index in [0.717, 1.165) is 32.6 Å². The average molecular weight is 279 g/mol. The van der Waals surface area contributed by atoms with Crippen LogP contribution in [0.4, 0.5) is 4.39 Å². The van der Waals surface area contributed by atoms with Crippen LogP contribution in [-0.4, -0.2) is 25.8 Å². The normalized spacial score (nSPS) is 16.3. The molecule has 0 bridgehead atoms. The maximum absolute atomic E-state index is 13.0. The quantitative estimate of drug-likeness (QED) is 0.656. The maximum atomic E-state index is 13.0. The van der Waals surface area contributed by atoms with Crippen molar-refractivity contribution in [1.29, 1.82) is 0 Å². The number of rotatable bonds is 10.